The van der Waals surface area contributed by atoms with Gasteiger partial charge in [0.25, 0.3) is 0 Å². The summed E-state index contributed by atoms with van der Waals surface area (Å²) in [6.07, 6.45) is 4.46. The summed E-state index contributed by atoms with van der Waals surface area (Å²) in [7, 11) is 2.04. The quantitative estimate of drug-likeness (QED) is 0.846. The third kappa shape index (κ3) is 4.27. The molecule has 0 bridgehead atoms. The maximum absolute atomic E-state index is 4.26. The number of hydrogen-bond acceptors (Lipinski definition) is 4. The fraction of sp³-hybridized carbons (Fsp3) is 0.444. The molecule has 1 aromatic carbocycles. The predicted molar refractivity (Wildman–Crippen MR) is 92.9 cm³/mol. The van der Waals surface area contributed by atoms with Crippen molar-refractivity contribution < 1.29 is 0 Å². The van der Waals surface area contributed by atoms with Crippen LogP contribution in [0.1, 0.15) is 17.2 Å². The second kappa shape index (κ2) is 7.53. The van der Waals surface area contributed by atoms with E-state index < -0.39 is 0 Å². The summed E-state index contributed by atoms with van der Waals surface area (Å²) in [5, 5.41) is 8.39. The highest BCUT2D eigenvalue weighted by Crippen LogP contribution is 2.08. The summed E-state index contributed by atoms with van der Waals surface area (Å²) in [5.74, 6) is 2.03. The minimum absolute atomic E-state index is 0.894. The van der Waals surface area contributed by atoms with Crippen LogP contribution in [0.5, 0.6) is 0 Å². The zero-order valence-electron chi connectivity index (χ0n) is 14.0. The number of aromatic nitrogens is 3. The van der Waals surface area contributed by atoms with Crippen molar-refractivity contribution >= 4 is 6.08 Å². The topological polar surface area (TPSA) is 37.2 Å². The Balaban J connectivity index is 1.43. The molecule has 23 heavy (non-hydrogen) atoms. The van der Waals surface area contributed by atoms with E-state index in [2.05, 4.69) is 67.0 Å². The van der Waals surface area contributed by atoms with Crippen molar-refractivity contribution in [1.82, 2.24) is 24.6 Å². The first kappa shape index (κ1) is 15.9. The Morgan fingerprint density at radius 2 is 1.70 bits per heavy atom. The lowest BCUT2D eigenvalue weighted by Gasteiger charge is -2.33. The Kier molecular flexibility index (Phi) is 5.20. The van der Waals surface area contributed by atoms with E-state index in [9.17, 15) is 0 Å². The summed E-state index contributed by atoms with van der Waals surface area (Å²) in [4.78, 5) is 4.96. The van der Waals surface area contributed by atoms with Gasteiger partial charge in [-0.15, -0.1) is 10.2 Å². The van der Waals surface area contributed by atoms with Crippen LogP contribution >= 0.6 is 0 Å². The molecule has 1 aliphatic rings. The molecule has 1 aromatic heterocycles. The molecule has 1 saturated heterocycles. The first-order chi connectivity index (χ1) is 11.2. The van der Waals surface area contributed by atoms with Crippen LogP contribution in [0.15, 0.2) is 36.4 Å². The number of nitrogens with zero attached hydrogens (tertiary/aromatic N) is 5. The number of benzene rings is 1. The molecule has 0 spiro atoms. The molecule has 0 radical (unpaired) electrons. The summed E-state index contributed by atoms with van der Waals surface area (Å²) in [6.45, 7) is 8.30. The first-order valence-corrected chi connectivity index (χ1v) is 8.23. The second-order valence-corrected chi connectivity index (χ2v) is 6.11. The van der Waals surface area contributed by atoms with Crippen LogP contribution in [-0.2, 0) is 13.6 Å². The molecular formula is C18H25N5. The van der Waals surface area contributed by atoms with Crippen LogP contribution in [0, 0.1) is 6.92 Å². The van der Waals surface area contributed by atoms with Gasteiger partial charge in [0.2, 0.25) is 0 Å². The third-order valence-corrected chi connectivity index (χ3v) is 4.49. The lowest BCUT2D eigenvalue weighted by Crippen LogP contribution is -2.46. The summed E-state index contributed by atoms with van der Waals surface area (Å²) in [5.41, 5.74) is 1.27. The van der Waals surface area contributed by atoms with Crippen LogP contribution in [-0.4, -0.2) is 57.3 Å². The molecule has 0 saturated carbocycles. The smallest absolute Gasteiger partial charge is 0.146 e. The van der Waals surface area contributed by atoms with Crippen molar-refractivity contribution in [3.63, 3.8) is 0 Å². The van der Waals surface area contributed by atoms with Gasteiger partial charge in [0.1, 0.15) is 11.6 Å². The van der Waals surface area contributed by atoms with Crippen molar-refractivity contribution in [3.8, 4) is 0 Å². The number of rotatable bonds is 5. The van der Waals surface area contributed by atoms with Crippen molar-refractivity contribution in [2.45, 2.75) is 13.5 Å². The van der Waals surface area contributed by atoms with Gasteiger partial charge in [0.15, 0.2) is 0 Å². The van der Waals surface area contributed by atoms with Gasteiger partial charge in [-0.3, -0.25) is 9.80 Å². The normalized spacial score (nSPS) is 17.1. The van der Waals surface area contributed by atoms with Crippen molar-refractivity contribution in [2.24, 2.45) is 7.05 Å². The molecular weight excluding hydrogens is 286 g/mol. The van der Waals surface area contributed by atoms with Crippen LogP contribution in [0.2, 0.25) is 0 Å². The van der Waals surface area contributed by atoms with E-state index >= 15 is 0 Å². The molecule has 0 aliphatic carbocycles. The standard InChI is InChI=1S/C18H25N5/c1-16-19-20-18(21(16)2)15-23-13-11-22(12-14-23)10-6-9-17-7-4-3-5-8-17/h3-9H,10-15H2,1-2H3/b9-6-. The molecule has 122 valence electrons. The number of piperazine rings is 1. The summed E-state index contributed by atoms with van der Waals surface area (Å²) < 4.78 is 2.08. The molecule has 3 rings (SSSR count). The number of aryl methyl sites for hydroxylation is 1. The molecule has 0 N–H and O–H groups in total. The van der Waals surface area contributed by atoms with Gasteiger partial charge in [-0.05, 0) is 12.5 Å². The Hall–Kier alpha value is -1.98. The van der Waals surface area contributed by atoms with E-state index in [1.165, 1.54) is 5.56 Å². The third-order valence-electron chi connectivity index (χ3n) is 4.49. The molecule has 2 heterocycles. The Morgan fingerprint density at radius 3 is 2.35 bits per heavy atom. The molecule has 1 fully saturated rings. The van der Waals surface area contributed by atoms with Crippen LogP contribution in [0.4, 0.5) is 0 Å². The van der Waals surface area contributed by atoms with Gasteiger partial charge in [-0.1, -0.05) is 42.5 Å². The van der Waals surface area contributed by atoms with E-state index in [4.69, 9.17) is 0 Å². The fourth-order valence-corrected chi connectivity index (χ4v) is 2.82. The average Bonchev–Trinajstić information content (AvgIpc) is 2.89. The summed E-state index contributed by atoms with van der Waals surface area (Å²) >= 11 is 0. The highest BCUT2D eigenvalue weighted by atomic mass is 15.3. The highest BCUT2D eigenvalue weighted by Gasteiger charge is 2.18. The zero-order valence-corrected chi connectivity index (χ0v) is 14.0. The monoisotopic (exact) mass is 311 g/mol. The minimum atomic E-state index is 0.894. The van der Waals surface area contributed by atoms with Crippen molar-refractivity contribution in [3.05, 3.63) is 53.6 Å². The van der Waals surface area contributed by atoms with Crippen LogP contribution in [0.3, 0.4) is 0 Å². The average molecular weight is 311 g/mol. The number of hydrogen-bond donors (Lipinski definition) is 0. The zero-order chi connectivity index (χ0) is 16.1. The molecule has 0 atom stereocenters. The molecule has 0 unspecified atom stereocenters. The van der Waals surface area contributed by atoms with Crippen molar-refractivity contribution in [2.75, 3.05) is 32.7 Å². The van der Waals surface area contributed by atoms with Gasteiger partial charge in [-0.2, -0.15) is 0 Å². The highest BCUT2D eigenvalue weighted by molar-refractivity contribution is 5.48. The molecule has 2 aromatic rings. The molecule has 0 amide bonds. The van der Waals surface area contributed by atoms with Crippen LogP contribution < -0.4 is 0 Å². The van der Waals surface area contributed by atoms with Gasteiger partial charge in [0, 0.05) is 39.8 Å². The maximum atomic E-state index is 4.26. The van der Waals surface area contributed by atoms with Crippen molar-refractivity contribution in [1.29, 1.82) is 0 Å². The fourth-order valence-electron chi connectivity index (χ4n) is 2.82. The SMILES string of the molecule is Cc1nnc(CN2CCN(C/C=C\c3ccccc3)CC2)n1C. The first-order valence-electron chi connectivity index (χ1n) is 8.23. The van der Waals surface area contributed by atoms with E-state index in [1.807, 2.05) is 14.0 Å². The van der Waals surface area contributed by atoms with Crippen LogP contribution in [0.25, 0.3) is 6.08 Å². The van der Waals surface area contributed by atoms with E-state index in [0.29, 0.717) is 0 Å². The van der Waals surface area contributed by atoms with E-state index in [0.717, 1.165) is 50.9 Å². The predicted octanol–water partition coefficient (Wildman–Crippen LogP) is 1.95. The summed E-state index contributed by atoms with van der Waals surface area (Å²) in [6, 6.07) is 10.5. The Labute approximate surface area is 138 Å². The minimum Gasteiger partial charge on any atom is -0.317 e. The molecule has 1 aliphatic heterocycles. The Bertz CT molecular complexity index is 639. The maximum Gasteiger partial charge on any atom is 0.146 e. The second-order valence-electron chi connectivity index (χ2n) is 6.11. The van der Waals surface area contributed by atoms with E-state index in [-0.39, 0.29) is 0 Å². The molecule has 5 heteroatoms. The Morgan fingerprint density at radius 1 is 1.00 bits per heavy atom. The van der Waals surface area contributed by atoms with Gasteiger partial charge >= 0.3 is 0 Å². The van der Waals surface area contributed by atoms with Gasteiger partial charge in [-0.25, -0.2) is 0 Å². The van der Waals surface area contributed by atoms with E-state index in [1.54, 1.807) is 0 Å². The lowest BCUT2D eigenvalue weighted by molar-refractivity contribution is 0.133. The van der Waals surface area contributed by atoms with Gasteiger partial charge < -0.3 is 4.57 Å². The largest absolute Gasteiger partial charge is 0.317 e. The van der Waals surface area contributed by atoms with Gasteiger partial charge in [0.05, 0.1) is 6.54 Å². The lowest BCUT2D eigenvalue weighted by atomic mass is 10.2. The molecule has 5 nitrogen and oxygen atoms in total.